The van der Waals surface area contributed by atoms with Gasteiger partial charge in [-0.05, 0) is 30.7 Å². The van der Waals surface area contributed by atoms with E-state index in [0.29, 0.717) is 0 Å². The molecule has 0 aliphatic heterocycles. The van der Waals surface area contributed by atoms with E-state index in [2.05, 4.69) is 4.98 Å². The Morgan fingerprint density at radius 1 is 1.42 bits per heavy atom. The minimum atomic E-state index is -0.648. The van der Waals surface area contributed by atoms with Crippen molar-refractivity contribution in [2.75, 3.05) is 12.8 Å². The van der Waals surface area contributed by atoms with Crippen molar-refractivity contribution < 1.29 is 13.9 Å². The first-order valence-corrected chi connectivity index (χ1v) is 5.64. The number of hydrogen-bond acceptors (Lipinski definition) is 4. The van der Waals surface area contributed by atoms with Crippen molar-refractivity contribution in [3.05, 3.63) is 53.0 Å². The number of nitrogens with two attached hydrogens (primary N) is 1. The zero-order chi connectivity index (χ0) is 14.0. The quantitative estimate of drug-likeness (QED) is 0.860. The van der Waals surface area contributed by atoms with E-state index in [-0.39, 0.29) is 22.7 Å². The van der Waals surface area contributed by atoms with Crippen molar-refractivity contribution in [1.82, 2.24) is 4.98 Å². The number of halogens is 1. The van der Waals surface area contributed by atoms with Crippen LogP contribution in [0.3, 0.4) is 0 Å². The summed E-state index contributed by atoms with van der Waals surface area (Å²) in [6.07, 6.45) is 1.55. The second-order valence-electron chi connectivity index (χ2n) is 4.09. The van der Waals surface area contributed by atoms with Gasteiger partial charge in [0.1, 0.15) is 22.9 Å². The standard InChI is InChI=1S/C14H13FN2O2/c1-8-6-9(14(16)17-7-8)13(18)12-10(15)4-3-5-11(12)19-2/h3-7H,1-2H3,(H2,16,17). The molecule has 0 bridgehead atoms. The summed E-state index contributed by atoms with van der Waals surface area (Å²) >= 11 is 0. The van der Waals surface area contributed by atoms with Gasteiger partial charge in [-0.3, -0.25) is 4.79 Å². The van der Waals surface area contributed by atoms with Gasteiger partial charge in [-0.25, -0.2) is 9.37 Å². The highest BCUT2D eigenvalue weighted by Gasteiger charge is 2.21. The Bertz CT molecular complexity index is 641. The molecule has 19 heavy (non-hydrogen) atoms. The number of anilines is 1. The number of hydrogen-bond donors (Lipinski definition) is 1. The highest BCUT2D eigenvalue weighted by molar-refractivity contribution is 6.13. The third-order valence-electron chi connectivity index (χ3n) is 2.72. The fourth-order valence-electron chi connectivity index (χ4n) is 1.79. The van der Waals surface area contributed by atoms with Crippen LogP contribution < -0.4 is 10.5 Å². The smallest absolute Gasteiger partial charge is 0.203 e. The number of aryl methyl sites for hydroxylation is 1. The molecule has 4 nitrogen and oxygen atoms in total. The van der Waals surface area contributed by atoms with Crippen LogP contribution in [-0.2, 0) is 0 Å². The summed E-state index contributed by atoms with van der Waals surface area (Å²) in [6, 6.07) is 5.78. The van der Waals surface area contributed by atoms with Gasteiger partial charge in [-0.15, -0.1) is 0 Å². The second kappa shape index (κ2) is 5.06. The summed E-state index contributed by atoms with van der Waals surface area (Å²) in [5.41, 5.74) is 6.48. The van der Waals surface area contributed by atoms with Crippen LogP contribution >= 0.6 is 0 Å². The largest absolute Gasteiger partial charge is 0.496 e. The fraction of sp³-hybridized carbons (Fsp3) is 0.143. The molecule has 1 aromatic carbocycles. The Morgan fingerprint density at radius 3 is 2.84 bits per heavy atom. The van der Waals surface area contributed by atoms with Crippen molar-refractivity contribution in [2.45, 2.75) is 6.92 Å². The first kappa shape index (κ1) is 13.0. The molecule has 0 atom stereocenters. The summed E-state index contributed by atoms with van der Waals surface area (Å²) < 4.78 is 18.9. The molecule has 0 saturated carbocycles. The first-order chi connectivity index (χ1) is 9.04. The van der Waals surface area contributed by atoms with Gasteiger partial charge in [0.05, 0.1) is 12.7 Å². The molecule has 0 aliphatic carbocycles. The van der Waals surface area contributed by atoms with Crippen molar-refractivity contribution >= 4 is 11.6 Å². The molecule has 0 fully saturated rings. The van der Waals surface area contributed by atoms with Crippen LogP contribution in [0.25, 0.3) is 0 Å². The highest BCUT2D eigenvalue weighted by Crippen LogP contribution is 2.26. The molecule has 0 unspecified atom stereocenters. The number of carbonyl (C=O) groups is 1. The Kier molecular flexibility index (Phi) is 3.46. The molecular formula is C14H13FN2O2. The van der Waals surface area contributed by atoms with Crippen LogP contribution in [0, 0.1) is 12.7 Å². The summed E-state index contributed by atoms with van der Waals surface area (Å²) in [5.74, 6) is -0.944. The lowest BCUT2D eigenvalue weighted by molar-refractivity contribution is 0.103. The molecule has 1 aromatic heterocycles. The molecule has 98 valence electrons. The zero-order valence-corrected chi connectivity index (χ0v) is 10.6. The van der Waals surface area contributed by atoms with Gasteiger partial charge in [0.2, 0.25) is 5.78 Å². The third kappa shape index (κ3) is 2.40. The minimum Gasteiger partial charge on any atom is -0.496 e. The lowest BCUT2D eigenvalue weighted by Gasteiger charge is -2.10. The molecule has 0 radical (unpaired) electrons. The van der Waals surface area contributed by atoms with E-state index in [0.717, 1.165) is 5.56 Å². The van der Waals surface area contributed by atoms with Crippen molar-refractivity contribution in [3.63, 3.8) is 0 Å². The molecule has 2 rings (SSSR count). The average Bonchev–Trinajstić information content (AvgIpc) is 2.40. The summed E-state index contributed by atoms with van der Waals surface area (Å²) in [5, 5.41) is 0. The van der Waals surface area contributed by atoms with E-state index in [4.69, 9.17) is 10.5 Å². The van der Waals surface area contributed by atoms with Crippen LogP contribution in [0.1, 0.15) is 21.5 Å². The number of nitrogens with zero attached hydrogens (tertiary/aromatic N) is 1. The maximum atomic E-state index is 13.8. The minimum absolute atomic E-state index is 0.0703. The predicted octanol–water partition coefficient (Wildman–Crippen LogP) is 2.35. The van der Waals surface area contributed by atoms with Gasteiger partial charge in [0.25, 0.3) is 0 Å². The van der Waals surface area contributed by atoms with Crippen LogP contribution in [0.4, 0.5) is 10.2 Å². The number of ether oxygens (including phenoxy) is 1. The van der Waals surface area contributed by atoms with E-state index < -0.39 is 11.6 Å². The maximum absolute atomic E-state index is 13.8. The number of nitrogen functional groups attached to an aromatic ring is 1. The molecule has 5 heteroatoms. The molecule has 2 aromatic rings. The van der Waals surface area contributed by atoms with E-state index in [1.807, 2.05) is 0 Å². The molecule has 1 heterocycles. The van der Waals surface area contributed by atoms with Crippen molar-refractivity contribution in [3.8, 4) is 5.75 Å². The van der Waals surface area contributed by atoms with Gasteiger partial charge in [-0.1, -0.05) is 6.07 Å². The van der Waals surface area contributed by atoms with Gasteiger partial charge in [-0.2, -0.15) is 0 Å². The third-order valence-corrected chi connectivity index (χ3v) is 2.72. The number of methoxy groups -OCH3 is 1. The number of aromatic nitrogens is 1. The molecule has 0 aliphatic rings. The Balaban J connectivity index is 2.59. The number of benzene rings is 1. The van der Waals surface area contributed by atoms with E-state index in [1.165, 1.54) is 25.3 Å². The number of ketones is 1. The number of pyridine rings is 1. The predicted molar refractivity (Wildman–Crippen MR) is 69.8 cm³/mol. The zero-order valence-electron chi connectivity index (χ0n) is 10.6. The van der Waals surface area contributed by atoms with Crippen LogP contribution in [-0.4, -0.2) is 17.9 Å². The monoisotopic (exact) mass is 260 g/mol. The fourth-order valence-corrected chi connectivity index (χ4v) is 1.79. The van der Waals surface area contributed by atoms with Gasteiger partial charge in [0, 0.05) is 6.20 Å². The Labute approximate surface area is 110 Å². The Morgan fingerprint density at radius 2 is 2.16 bits per heavy atom. The molecular weight excluding hydrogens is 247 g/mol. The van der Waals surface area contributed by atoms with Crippen molar-refractivity contribution in [1.29, 1.82) is 0 Å². The Hall–Kier alpha value is -2.43. The normalized spacial score (nSPS) is 10.3. The van der Waals surface area contributed by atoms with Crippen LogP contribution in [0.2, 0.25) is 0 Å². The second-order valence-corrected chi connectivity index (χ2v) is 4.09. The van der Waals surface area contributed by atoms with Crippen molar-refractivity contribution in [2.24, 2.45) is 0 Å². The highest BCUT2D eigenvalue weighted by atomic mass is 19.1. The molecule has 2 N–H and O–H groups in total. The molecule has 0 amide bonds. The van der Waals surface area contributed by atoms with Gasteiger partial charge >= 0.3 is 0 Å². The molecule has 0 spiro atoms. The topological polar surface area (TPSA) is 65.2 Å². The maximum Gasteiger partial charge on any atom is 0.203 e. The van der Waals surface area contributed by atoms with E-state index in [9.17, 15) is 9.18 Å². The lowest BCUT2D eigenvalue weighted by Crippen LogP contribution is -2.10. The summed E-state index contributed by atoms with van der Waals surface area (Å²) in [6.45, 7) is 1.78. The van der Waals surface area contributed by atoms with Crippen LogP contribution in [0.15, 0.2) is 30.5 Å². The molecule has 0 saturated heterocycles. The average molecular weight is 260 g/mol. The summed E-state index contributed by atoms with van der Waals surface area (Å²) in [4.78, 5) is 16.3. The van der Waals surface area contributed by atoms with E-state index in [1.54, 1.807) is 19.2 Å². The number of carbonyl (C=O) groups excluding carboxylic acids is 1. The van der Waals surface area contributed by atoms with Gasteiger partial charge in [0.15, 0.2) is 0 Å². The SMILES string of the molecule is COc1cccc(F)c1C(=O)c1cc(C)cnc1N. The van der Waals surface area contributed by atoms with Gasteiger partial charge < -0.3 is 10.5 Å². The summed E-state index contributed by atoms with van der Waals surface area (Å²) in [7, 11) is 1.38. The van der Waals surface area contributed by atoms with E-state index >= 15 is 0 Å². The van der Waals surface area contributed by atoms with Crippen LogP contribution in [0.5, 0.6) is 5.75 Å². The number of rotatable bonds is 3. The first-order valence-electron chi connectivity index (χ1n) is 5.64. The lowest BCUT2D eigenvalue weighted by atomic mass is 10.0.